The molecule has 1 aliphatic rings. The highest BCUT2D eigenvalue weighted by Crippen LogP contribution is 2.24. The minimum absolute atomic E-state index is 0.0496. The van der Waals surface area contributed by atoms with Crippen LogP contribution in [0.25, 0.3) is 0 Å². The SMILES string of the molecule is COc1nccnc1OC1CCCN(C(=O)c2cc(=O)[nH]c(=O)[nH]2)C1. The van der Waals surface area contributed by atoms with Gasteiger partial charge in [-0.05, 0) is 12.8 Å². The van der Waals surface area contributed by atoms with Crippen molar-refractivity contribution < 1.29 is 14.3 Å². The van der Waals surface area contributed by atoms with Gasteiger partial charge in [0.15, 0.2) is 0 Å². The van der Waals surface area contributed by atoms with Gasteiger partial charge in [0.05, 0.1) is 13.7 Å². The Bertz CT molecular complexity index is 849. The van der Waals surface area contributed by atoms with Crippen molar-refractivity contribution in [3.05, 3.63) is 45.0 Å². The normalized spacial score (nSPS) is 17.2. The van der Waals surface area contributed by atoms with Crippen LogP contribution < -0.4 is 20.7 Å². The molecule has 1 saturated heterocycles. The molecule has 3 heterocycles. The van der Waals surface area contributed by atoms with E-state index in [-0.39, 0.29) is 23.6 Å². The number of aromatic nitrogens is 4. The molecule has 10 heteroatoms. The number of ether oxygens (including phenoxy) is 2. The molecule has 0 spiro atoms. The molecule has 0 aliphatic carbocycles. The Morgan fingerprint density at radius 3 is 2.72 bits per heavy atom. The van der Waals surface area contributed by atoms with Crippen LogP contribution in [0.15, 0.2) is 28.0 Å². The molecule has 0 aromatic carbocycles. The summed E-state index contributed by atoms with van der Waals surface area (Å²) in [6, 6.07) is 1.07. The summed E-state index contributed by atoms with van der Waals surface area (Å²) in [5, 5.41) is 0. The molecule has 0 saturated carbocycles. The lowest BCUT2D eigenvalue weighted by Crippen LogP contribution is -2.45. The number of aromatic amines is 2. The molecule has 1 fully saturated rings. The van der Waals surface area contributed by atoms with Gasteiger partial charge in [-0.2, -0.15) is 0 Å². The minimum Gasteiger partial charge on any atom is -0.477 e. The molecule has 0 radical (unpaired) electrons. The van der Waals surface area contributed by atoms with E-state index in [1.165, 1.54) is 24.4 Å². The van der Waals surface area contributed by atoms with E-state index in [4.69, 9.17) is 9.47 Å². The number of piperidine rings is 1. The molecule has 1 amide bonds. The number of carbonyl (C=O) groups excluding carboxylic acids is 1. The van der Waals surface area contributed by atoms with E-state index in [0.29, 0.717) is 19.5 Å². The number of nitrogens with one attached hydrogen (secondary N) is 2. The van der Waals surface area contributed by atoms with Gasteiger partial charge < -0.3 is 19.4 Å². The summed E-state index contributed by atoms with van der Waals surface area (Å²) in [4.78, 5) is 49.2. The first-order chi connectivity index (χ1) is 12.1. The number of likely N-dealkylation sites (tertiary alicyclic amines) is 1. The summed E-state index contributed by atoms with van der Waals surface area (Å²) >= 11 is 0. The highest BCUT2D eigenvalue weighted by molar-refractivity contribution is 5.92. The zero-order valence-corrected chi connectivity index (χ0v) is 13.5. The van der Waals surface area contributed by atoms with Crippen molar-refractivity contribution in [2.45, 2.75) is 18.9 Å². The maximum Gasteiger partial charge on any atom is 0.326 e. The van der Waals surface area contributed by atoms with Gasteiger partial charge in [-0.3, -0.25) is 14.6 Å². The van der Waals surface area contributed by atoms with Gasteiger partial charge in [0.25, 0.3) is 23.2 Å². The van der Waals surface area contributed by atoms with Crippen LogP contribution in [0.4, 0.5) is 0 Å². The van der Waals surface area contributed by atoms with Crippen LogP contribution in [0, 0.1) is 0 Å². The number of hydrogen-bond donors (Lipinski definition) is 2. The molecule has 132 valence electrons. The first-order valence-electron chi connectivity index (χ1n) is 7.71. The third kappa shape index (κ3) is 3.84. The fraction of sp³-hybridized carbons (Fsp3) is 0.400. The lowest BCUT2D eigenvalue weighted by Gasteiger charge is -2.32. The van der Waals surface area contributed by atoms with E-state index in [2.05, 4.69) is 15.0 Å². The molecule has 2 aromatic heterocycles. The fourth-order valence-electron chi connectivity index (χ4n) is 2.66. The lowest BCUT2D eigenvalue weighted by atomic mass is 10.1. The molecular formula is C15H17N5O5. The number of methoxy groups -OCH3 is 1. The molecule has 10 nitrogen and oxygen atoms in total. The minimum atomic E-state index is -0.718. The Kier molecular flexibility index (Phi) is 4.78. The Hall–Kier alpha value is -3.17. The van der Waals surface area contributed by atoms with Crippen LogP contribution in [0.2, 0.25) is 0 Å². The third-order valence-electron chi connectivity index (χ3n) is 3.76. The Labute approximate surface area is 141 Å². The monoisotopic (exact) mass is 347 g/mol. The summed E-state index contributed by atoms with van der Waals surface area (Å²) in [6.07, 6.45) is 4.13. The van der Waals surface area contributed by atoms with Crippen LogP contribution in [0.5, 0.6) is 11.8 Å². The van der Waals surface area contributed by atoms with Crippen molar-refractivity contribution in [3.8, 4) is 11.8 Å². The van der Waals surface area contributed by atoms with Gasteiger partial charge in [0, 0.05) is 25.0 Å². The first kappa shape index (κ1) is 16.7. The molecule has 2 aromatic rings. The maximum absolute atomic E-state index is 12.5. The third-order valence-corrected chi connectivity index (χ3v) is 3.76. The Morgan fingerprint density at radius 2 is 2.00 bits per heavy atom. The maximum atomic E-state index is 12.5. The highest BCUT2D eigenvalue weighted by Gasteiger charge is 2.27. The van der Waals surface area contributed by atoms with Crippen LogP contribution in [0.3, 0.4) is 0 Å². The van der Waals surface area contributed by atoms with Crippen molar-refractivity contribution in [2.24, 2.45) is 0 Å². The van der Waals surface area contributed by atoms with Crippen molar-refractivity contribution >= 4 is 5.91 Å². The van der Waals surface area contributed by atoms with Crippen LogP contribution >= 0.6 is 0 Å². The second-order valence-corrected chi connectivity index (χ2v) is 5.51. The standard InChI is InChI=1S/C15H17N5O5/c1-24-12-13(17-5-4-16-12)25-9-3-2-6-20(8-9)14(22)10-7-11(21)19-15(23)18-10/h4-5,7,9H,2-3,6,8H2,1H3,(H2,18,19,21,23). The van der Waals surface area contributed by atoms with E-state index in [9.17, 15) is 14.4 Å². The molecule has 25 heavy (non-hydrogen) atoms. The zero-order valence-electron chi connectivity index (χ0n) is 13.5. The van der Waals surface area contributed by atoms with Crippen molar-refractivity contribution in [3.63, 3.8) is 0 Å². The fourth-order valence-corrected chi connectivity index (χ4v) is 2.66. The van der Waals surface area contributed by atoms with Crippen LogP contribution in [0.1, 0.15) is 23.3 Å². The molecule has 1 atom stereocenters. The number of carbonyl (C=O) groups is 1. The molecule has 1 aliphatic heterocycles. The number of amides is 1. The van der Waals surface area contributed by atoms with Gasteiger partial charge in [0.1, 0.15) is 11.8 Å². The molecule has 3 rings (SSSR count). The number of hydrogen-bond acceptors (Lipinski definition) is 7. The molecular weight excluding hydrogens is 330 g/mol. The average Bonchev–Trinajstić information content (AvgIpc) is 2.61. The van der Waals surface area contributed by atoms with Crippen molar-refractivity contribution in [1.29, 1.82) is 0 Å². The molecule has 0 bridgehead atoms. The van der Waals surface area contributed by atoms with E-state index in [0.717, 1.165) is 12.5 Å². The highest BCUT2D eigenvalue weighted by atomic mass is 16.5. The smallest absolute Gasteiger partial charge is 0.326 e. The number of rotatable bonds is 4. The summed E-state index contributed by atoms with van der Waals surface area (Å²) in [5.41, 5.74) is -1.39. The van der Waals surface area contributed by atoms with Gasteiger partial charge >= 0.3 is 5.69 Å². The lowest BCUT2D eigenvalue weighted by molar-refractivity contribution is 0.0513. The van der Waals surface area contributed by atoms with Crippen LogP contribution in [-0.4, -0.2) is 57.0 Å². The quantitative estimate of drug-likeness (QED) is 0.765. The average molecular weight is 347 g/mol. The summed E-state index contributed by atoms with van der Waals surface area (Å²) in [7, 11) is 1.47. The summed E-state index contributed by atoms with van der Waals surface area (Å²) < 4.78 is 10.9. The first-order valence-corrected chi connectivity index (χ1v) is 7.71. The summed E-state index contributed by atoms with van der Waals surface area (Å²) in [5.74, 6) is 0.0985. The van der Waals surface area contributed by atoms with Gasteiger partial charge in [-0.1, -0.05) is 0 Å². The Balaban J connectivity index is 1.73. The summed E-state index contributed by atoms with van der Waals surface area (Å²) in [6.45, 7) is 0.804. The zero-order chi connectivity index (χ0) is 17.8. The largest absolute Gasteiger partial charge is 0.477 e. The second kappa shape index (κ2) is 7.16. The van der Waals surface area contributed by atoms with Crippen molar-refractivity contribution in [2.75, 3.05) is 20.2 Å². The van der Waals surface area contributed by atoms with Gasteiger partial charge in [-0.15, -0.1) is 0 Å². The van der Waals surface area contributed by atoms with Crippen LogP contribution in [-0.2, 0) is 0 Å². The number of H-pyrrole nitrogens is 2. The predicted octanol–water partition coefficient (Wildman–Crippen LogP) is -0.455. The van der Waals surface area contributed by atoms with Gasteiger partial charge in [-0.25, -0.2) is 14.8 Å². The molecule has 1 unspecified atom stereocenters. The topological polar surface area (TPSA) is 130 Å². The van der Waals surface area contributed by atoms with E-state index >= 15 is 0 Å². The van der Waals surface area contributed by atoms with E-state index < -0.39 is 17.2 Å². The molecule has 2 N–H and O–H groups in total. The van der Waals surface area contributed by atoms with E-state index in [1.54, 1.807) is 0 Å². The van der Waals surface area contributed by atoms with Gasteiger partial charge in [0.2, 0.25) is 0 Å². The number of nitrogens with zero attached hydrogens (tertiary/aromatic N) is 3. The predicted molar refractivity (Wildman–Crippen MR) is 85.8 cm³/mol. The Morgan fingerprint density at radius 1 is 1.24 bits per heavy atom. The van der Waals surface area contributed by atoms with E-state index in [1.807, 2.05) is 4.98 Å². The van der Waals surface area contributed by atoms with Crippen molar-refractivity contribution in [1.82, 2.24) is 24.8 Å². The second-order valence-electron chi connectivity index (χ2n) is 5.51.